The number of aliphatic hydroxyl groups is 1. The minimum absolute atomic E-state index is 0.0301. The molecule has 0 heterocycles. The van der Waals surface area contributed by atoms with Crippen LogP contribution in [0.4, 0.5) is 0 Å². The molecular weight excluding hydrogens is 261 g/mol. The summed E-state index contributed by atoms with van der Waals surface area (Å²) in [7, 11) is -4.51. The van der Waals surface area contributed by atoms with Crippen LogP contribution in [0.25, 0.3) is 0 Å². The molecule has 0 radical (unpaired) electrons. The molecule has 8 heteroatoms. The maximum Gasteiger partial charge on any atom is 0.356 e. The van der Waals surface area contributed by atoms with E-state index in [-0.39, 0.29) is 17.3 Å². The molecule has 0 aliphatic carbocycles. The molecule has 6 N–H and O–H groups in total. The van der Waals surface area contributed by atoms with Gasteiger partial charge in [0.15, 0.2) is 0 Å². The van der Waals surface area contributed by atoms with Gasteiger partial charge in [-0.15, -0.1) is 0 Å². The number of rotatable bonds is 5. The minimum atomic E-state index is -4.51. The first kappa shape index (κ1) is 14.8. The molecule has 0 saturated heterocycles. The van der Waals surface area contributed by atoms with E-state index >= 15 is 0 Å². The van der Waals surface area contributed by atoms with Gasteiger partial charge in [0, 0.05) is 0 Å². The number of carbonyl (C=O) groups is 1. The van der Waals surface area contributed by atoms with E-state index in [9.17, 15) is 14.5 Å². The van der Waals surface area contributed by atoms with Crippen molar-refractivity contribution in [2.45, 2.75) is 19.1 Å². The zero-order chi connectivity index (χ0) is 13.9. The predicted molar refractivity (Wildman–Crippen MR) is 63.4 cm³/mol. The highest BCUT2D eigenvalue weighted by atomic mass is 31.2. The first-order chi connectivity index (χ1) is 8.27. The molecular formula is C10H14NO6P. The van der Waals surface area contributed by atoms with Gasteiger partial charge >= 0.3 is 13.6 Å². The van der Waals surface area contributed by atoms with E-state index < -0.39 is 26.2 Å². The summed E-state index contributed by atoms with van der Waals surface area (Å²) in [6.07, 6.45) is -0.112. The van der Waals surface area contributed by atoms with Crippen molar-refractivity contribution in [2.75, 3.05) is 0 Å². The van der Waals surface area contributed by atoms with Gasteiger partial charge in [-0.05, 0) is 23.6 Å². The first-order valence-corrected chi connectivity index (χ1v) is 6.64. The summed E-state index contributed by atoms with van der Waals surface area (Å²) in [5, 5.41) is 17.6. The second-order valence-corrected chi connectivity index (χ2v) is 5.34. The number of hydrogen-bond donors (Lipinski definition) is 5. The molecule has 18 heavy (non-hydrogen) atoms. The Hall–Kier alpha value is -1.24. The summed E-state index contributed by atoms with van der Waals surface area (Å²) in [4.78, 5) is 28.9. The number of aliphatic hydroxyl groups excluding tert-OH is 1. The third kappa shape index (κ3) is 3.38. The predicted octanol–water partition coefficient (Wildman–Crippen LogP) is -1.06. The summed E-state index contributed by atoms with van der Waals surface area (Å²) >= 11 is 0. The van der Waals surface area contributed by atoms with Crippen LogP contribution in [0, 0.1) is 0 Å². The van der Waals surface area contributed by atoms with E-state index in [0.29, 0.717) is 5.56 Å². The fourth-order valence-electron chi connectivity index (χ4n) is 1.59. The van der Waals surface area contributed by atoms with Gasteiger partial charge in [0.05, 0.1) is 11.9 Å². The first-order valence-electron chi connectivity index (χ1n) is 5.03. The van der Waals surface area contributed by atoms with Crippen LogP contribution in [0.1, 0.15) is 11.1 Å². The second-order valence-electron chi connectivity index (χ2n) is 3.77. The zero-order valence-corrected chi connectivity index (χ0v) is 10.2. The van der Waals surface area contributed by atoms with Gasteiger partial charge in [-0.2, -0.15) is 0 Å². The van der Waals surface area contributed by atoms with Crippen molar-refractivity contribution < 1.29 is 29.4 Å². The Balaban J connectivity index is 3.21. The molecule has 0 fully saturated rings. The molecule has 100 valence electrons. The van der Waals surface area contributed by atoms with Gasteiger partial charge in [0.2, 0.25) is 0 Å². The lowest BCUT2D eigenvalue weighted by Gasteiger charge is -2.15. The maximum absolute atomic E-state index is 11.2. The van der Waals surface area contributed by atoms with E-state index in [1.54, 1.807) is 0 Å². The number of aliphatic carboxylic acids is 1. The monoisotopic (exact) mass is 275 g/mol. The van der Waals surface area contributed by atoms with Gasteiger partial charge < -0.3 is 25.7 Å². The lowest BCUT2D eigenvalue weighted by molar-refractivity contribution is -0.138. The quantitative estimate of drug-likeness (QED) is 0.431. The van der Waals surface area contributed by atoms with Crippen molar-refractivity contribution in [3.05, 3.63) is 29.3 Å². The van der Waals surface area contributed by atoms with Gasteiger partial charge in [-0.1, -0.05) is 12.1 Å². The Morgan fingerprint density at radius 1 is 1.39 bits per heavy atom. The van der Waals surface area contributed by atoms with Gasteiger partial charge in [-0.3, -0.25) is 9.36 Å². The van der Waals surface area contributed by atoms with Crippen molar-refractivity contribution in [1.29, 1.82) is 0 Å². The van der Waals surface area contributed by atoms with E-state index in [4.69, 9.17) is 20.6 Å². The average Bonchev–Trinajstić information content (AvgIpc) is 2.27. The molecule has 0 amide bonds. The van der Waals surface area contributed by atoms with Crippen LogP contribution in [0.5, 0.6) is 0 Å². The molecule has 0 aliphatic heterocycles. The molecule has 7 nitrogen and oxygen atoms in total. The number of carboxylic acid groups (broad SMARTS) is 1. The van der Waals surface area contributed by atoms with Crippen LogP contribution in [0.3, 0.4) is 0 Å². The fraction of sp³-hybridized carbons (Fsp3) is 0.300. The molecule has 0 spiro atoms. The van der Waals surface area contributed by atoms with Crippen molar-refractivity contribution in [1.82, 2.24) is 0 Å². The van der Waals surface area contributed by atoms with Crippen LogP contribution in [0.15, 0.2) is 18.2 Å². The van der Waals surface area contributed by atoms with Gasteiger partial charge in [0.1, 0.15) is 6.04 Å². The molecule has 0 aliphatic rings. The van der Waals surface area contributed by atoms with Crippen LogP contribution in [-0.2, 0) is 22.4 Å². The van der Waals surface area contributed by atoms with Crippen LogP contribution < -0.4 is 11.0 Å². The Morgan fingerprint density at radius 2 is 2.00 bits per heavy atom. The Kier molecular flexibility index (Phi) is 4.61. The zero-order valence-electron chi connectivity index (χ0n) is 9.35. The molecule has 1 aromatic rings. The van der Waals surface area contributed by atoms with Crippen molar-refractivity contribution in [3.63, 3.8) is 0 Å². The summed E-state index contributed by atoms with van der Waals surface area (Å²) in [5.41, 5.74) is 5.70. The average molecular weight is 275 g/mol. The molecule has 0 saturated carbocycles. The fourth-order valence-corrected chi connectivity index (χ4v) is 2.44. The van der Waals surface area contributed by atoms with E-state index in [2.05, 4.69) is 0 Å². The minimum Gasteiger partial charge on any atom is -0.480 e. The molecule has 1 atom stereocenters. The van der Waals surface area contributed by atoms with Crippen LogP contribution in [0.2, 0.25) is 0 Å². The summed E-state index contributed by atoms with van der Waals surface area (Å²) < 4.78 is 11.2. The molecule has 0 bridgehead atoms. The highest BCUT2D eigenvalue weighted by molar-refractivity contribution is 7.60. The topological polar surface area (TPSA) is 141 Å². The summed E-state index contributed by atoms with van der Waals surface area (Å²) in [6, 6.07) is 2.87. The number of hydrogen-bond acceptors (Lipinski definition) is 4. The molecule has 1 unspecified atom stereocenters. The smallest absolute Gasteiger partial charge is 0.356 e. The SMILES string of the molecule is NC(Cc1cccc(P(=O)(O)O)c1CO)C(=O)O. The van der Waals surface area contributed by atoms with Gasteiger partial charge in [0.25, 0.3) is 0 Å². The third-order valence-corrected chi connectivity index (χ3v) is 3.52. The maximum atomic E-state index is 11.2. The highest BCUT2D eigenvalue weighted by Gasteiger charge is 2.24. The lowest BCUT2D eigenvalue weighted by atomic mass is 10.0. The Morgan fingerprint density at radius 3 is 2.44 bits per heavy atom. The Labute approximate surface area is 103 Å². The number of carboxylic acids is 1. The van der Waals surface area contributed by atoms with Crippen molar-refractivity contribution in [2.24, 2.45) is 5.73 Å². The van der Waals surface area contributed by atoms with E-state index in [1.165, 1.54) is 18.2 Å². The van der Waals surface area contributed by atoms with Crippen molar-refractivity contribution in [3.8, 4) is 0 Å². The number of benzene rings is 1. The highest BCUT2D eigenvalue weighted by Crippen LogP contribution is 2.35. The summed E-state index contributed by atoms with van der Waals surface area (Å²) in [6.45, 7) is -0.594. The van der Waals surface area contributed by atoms with E-state index in [0.717, 1.165) is 0 Å². The normalized spacial score (nSPS) is 13.3. The molecule has 0 aromatic heterocycles. The van der Waals surface area contributed by atoms with Gasteiger partial charge in [-0.25, -0.2) is 0 Å². The number of nitrogens with two attached hydrogens (primary N) is 1. The molecule has 1 aromatic carbocycles. The Bertz CT molecular complexity index is 497. The standard InChI is InChI=1S/C10H14NO6P/c11-8(10(13)14)4-6-2-1-3-9(7(6)5-12)18(15,16)17/h1-3,8,12H,4-5,11H2,(H,13,14)(H2,15,16,17). The van der Waals surface area contributed by atoms with Crippen LogP contribution >= 0.6 is 7.60 Å². The third-order valence-electron chi connectivity index (χ3n) is 2.48. The van der Waals surface area contributed by atoms with Crippen LogP contribution in [-0.4, -0.2) is 32.0 Å². The second kappa shape index (κ2) is 5.60. The van der Waals surface area contributed by atoms with E-state index in [1.807, 2.05) is 0 Å². The molecule has 1 rings (SSSR count). The lowest BCUT2D eigenvalue weighted by Crippen LogP contribution is -2.33. The summed E-state index contributed by atoms with van der Waals surface area (Å²) in [5.74, 6) is -1.22. The van der Waals surface area contributed by atoms with Crippen molar-refractivity contribution >= 4 is 18.9 Å². The largest absolute Gasteiger partial charge is 0.480 e.